The van der Waals surface area contributed by atoms with Gasteiger partial charge in [0.1, 0.15) is 19.3 Å². The Kier molecular flexibility index (Phi) is 68.7. The van der Waals surface area contributed by atoms with Crippen LogP contribution in [0.5, 0.6) is 0 Å². The summed E-state index contributed by atoms with van der Waals surface area (Å²) in [6.45, 7) is 14.3. The fraction of sp³-hybridized carbons (Fsp3) is 0.951. The third-order valence-electron chi connectivity index (χ3n) is 20.3. The van der Waals surface area contributed by atoms with Crippen LogP contribution in [-0.4, -0.2) is 96.7 Å². The van der Waals surface area contributed by atoms with Gasteiger partial charge in [-0.15, -0.1) is 0 Å². The monoisotopic (exact) mass is 1470 g/mol. The average Bonchev–Trinajstić information content (AvgIpc) is 0.932. The Bertz CT molecular complexity index is 1960. The summed E-state index contributed by atoms with van der Waals surface area (Å²) in [4.78, 5) is 73.0. The molecular formula is C81H158O17P2. The van der Waals surface area contributed by atoms with Crippen molar-refractivity contribution in [2.24, 2.45) is 23.7 Å². The summed E-state index contributed by atoms with van der Waals surface area (Å²) >= 11 is 0. The van der Waals surface area contributed by atoms with E-state index in [1.54, 1.807) is 0 Å². The van der Waals surface area contributed by atoms with Gasteiger partial charge in [0, 0.05) is 25.7 Å². The highest BCUT2D eigenvalue weighted by atomic mass is 31.2. The van der Waals surface area contributed by atoms with Crippen molar-refractivity contribution >= 4 is 39.5 Å². The Labute approximate surface area is 613 Å². The van der Waals surface area contributed by atoms with E-state index in [-0.39, 0.29) is 25.7 Å². The first kappa shape index (κ1) is 98.1. The smallest absolute Gasteiger partial charge is 0.462 e. The van der Waals surface area contributed by atoms with Crippen molar-refractivity contribution in [3.8, 4) is 0 Å². The molecule has 0 bridgehead atoms. The number of unbranched alkanes of at least 4 members (excludes halogenated alkanes) is 40. The second-order valence-electron chi connectivity index (χ2n) is 30.1. The minimum Gasteiger partial charge on any atom is -0.462 e. The molecule has 0 spiro atoms. The topological polar surface area (TPSA) is 237 Å². The maximum Gasteiger partial charge on any atom is 0.472 e. The first-order valence-electron chi connectivity index (χ1n) is 41.9. The highest BCUT2D eigenvalue weighted by Gasteiger charge is 2.30. The van der Waals surface area contributed by atoms with E-state index in [4.69, 9.17) is 37.0 Å². The summed E-state index contributed by atoms with van der Waals surface area (Å²) in [6.07, 6.45) is 56.8. The molecule has 0 aliphatic heterocycles. The van der Waals surface area contributed by atoms with E-state index in [1.165, 1.54) is 212 Å². The fourth-order valence-electron chi connectivity index (χ4n) is 12.3. The quantitative estimate of drug-likeness (QED) is 0.0222. The van der Waals surface area contributed by atoms with Crippen LogP contribution in [0.1, 0.15) is 415 Å². The van der Waals surface area contributed by atoms with Crippen molar-refractivity contribution in [3.63, 3.8) is 0 Å². The van der Waals surface area contributed by atoms with Crippen LogP contribution >= 0.6 is 15.6 Å². The predicted octanol–water partition coefficient (Wildman–Crippen LogP) is 24.0. The normalized spacial score (nSPS) is 15.1. The van der Waals surface area contributed by atoms with Gasteiger partial charge in [0.05, 0.1) is 26.4 Å². The zero-order valence-corrected chi connectivity index (χ0v) is 67.6. The third-order valence-corrected chi connectivity index (χ3v) is 22.2. The Morgan fingerprint density at radius 2 is 0.450 bits per heavy atom. The average molecular weight is 1470 g/mol. The SMILES string of the molecule is CCC(C)CCCCCCCCCCCCCCCCCCCCC(=O)O[C@H](COC(=O)CCCCCCCCC(C)CC)COP(=O)(O)OC[C@H](O)COP(=O)(O)OC[C@@H](COC(=O)CCCCCCCCCCCCC(C)CC)OC(=O)CCCCCCCCCCCCC(C)CC. The molecule has 0 saturated carbocycles. The summed E-state index contributed by atoms with van der Waals surface area (Å²) in [5, 5.41) is 10.6. The van der Waals surface area contributed by atoms with Crippen LogP contribution in [0.15, 0.2) is 0 Å². The van der Waals surface area contributed by atoms with Crippen LogP contribution in [0.3, 0.4) is 0 Å². The zero-order valence-electron chi connectivity index (χ0n) is 65.8. The standard InChI is InChI=1S/C81H158O17P2/c1-9-71(5)57-49-41-33-27-21-19-17-15-13-14-16-18-20-22-31-37-47-55-63-80(85)98-77(68-92-79(84)62-54-46-40-39-44-52-60-74(8)12-4)70-96-100(89,90)94-66-75(82)65-93-99(87,88)95-69-76(97-81(86)64-56-48-38-32-26-24-29-35-43-51-59-73(7)11-3)67-91-78(83)61-53-45-36-30-25-23-28-34-42-50-58-72(6)10-2/h71-77,82H,9-70H2,1-8H3,(H,87,88)(H,89,90)/t71?,72?,73?,74?,75-,76-,77-/m1/s1. The third kappa shape index (κ3) is 69.1. The lowest BCUT2D eigenvalue weighted by Gasteiger charge is -2.21. The molecule has 0 aliphatic carbocycles. The molecule has 0 fully saturated rings. The van der Waals surface area contributed by atoms with Gasteiger partial charge in [0.25, 0.3) is 0 Å². The number of carbonyl (C=O) groups is 4. The Morgan fingerprint density at radius 1 is 0.270 bits per heavy atom. The molecule has 3 N–H and O–H groups in total. The van der Waals surface area contributed by atoms with Gasteiger partial charge in [-0.1, -0.05) is 364 Å². The molecule has 0 aromatic heterocycles. The molecule has 0 saturated heterocycles. The van der Waals surface area contributed by atoms with Gasteiger partial charge in [-0.2, -0.15) is 0 Å². The molecule has 9 atom stereocenters. The van der Waals surface area contributed by atoms with Gasteiger partial charge in [-0.3, -0.25) is 37.3 Å². The van der Waals surface area contributed by atoms with Crippen LogP contribution < -0.4 is 0 Å². The van der Waals surface area contributed by atoms with Crippen LogP contribution in [0.4, 0.5) is 0 Å². The van der Waals surface area contributed by atoms with Crippen molar-refractivity contribution in [2.75, 3.05) is 39.6 Å². The highest BCUT2D eigenvalue weighted by molar-refractivity contribution is 7.47. The number of aliphatic hydroxyl groups excluding tert-OH is 1. The first-order valence-corrected chi connectivity index (χ1v) is 44.8. The van der Waals surface area contributed by atoms with E-state index >= 15 is 0 Å². The van der Waals surface area contributed by atoms with Crippen LogP contribution in [0, 0.1) is 23.7 Å². The van der Waals surface area contributed by atoms with E-state index in [0.29, 0.717) is 25.7 Å². The summed E-state index contributed by atoms with van der Waals surface area (Å²) in [7, 11) is -9.92. The Balaban J connectivity index is 5.21. The number of phosphoric acid groups is 2. The first-order chi connectivity index (χ1) is 48.2. The number of esters is 4. The van der Waals surface area contributed by atoms with E-state index < -0.39 is 97.5 Å². The molecular weight excluding hydrogens is 1310 g/mol. The summed E-state index contributed by atoms with van der Waals surface area (Å²) in [6, 6.07) is 0. The number of aliphatic hydroxyl groups is 1. The molecule has 0 aliphatic rings. The number of phosphoric ester groups is 2. The maximum atomic E-state index is 13.1. The molecule has 19 heteroatoms. The van der Waals surface area contributed by atoms with Crippen LogP contribution in [0.2, 0.25) is 0 Å². The predicted molar refractivity (Wildman–Crippen MR) is 409 cm³/mol. The van der Waals surface area contributed by atoms with E-state index in [1.807, 2.05) is 0 Å². The van der Waals surface area contributed by atoms with Crippen molar-refractivity contribution in [2.45, 2.75) is 433 Å². The summed E-state index contributed by atoms with van der Waals surface area (Å²) in [5.41, 5.74) is 0. The van der Waals surface area contributed by atoms with Gasteiger partial charge in [0.15, 0.2) is 12.2 Å². The number of hydrogen-bond donors (Lipinski definition) is 3. The molecule has 17 nitrogen and oxygen atoms in total. The minimum atomic E-state index is -4.96. The van der Waals surface area contributed by atoms with E-state index in [2.05, 4.69) is 55.4 Å². The molecule has 594 valence electrons. The molecule has 0 aromatic rings. The lowest BCUT2D eigenvalue weighted by atomic mass is 9.99. The minimum absolute atomic E-state index is 0.106. The van der Waals surface area contributed by atoms with Gasteiger partial charge < -0.3 is 33.8 Å². The van der Waals surface area contributed by atoms with Crippen molar-refractivity contribution in [3.05, 3.63) is 0 Å². The lowest BCUT2D eigenvalue weighted by Crippen LogP contribution is -2.30. The van der Waals surface area contributed by atoms with E-state index in [0.717, 1.165) is 120 Å². The summed E-state index contributed by atoms with van der Waals surface area (Å²) in [5.74, 6) is 1.10. The number of rotatable bonds is 78. The van der Waals surface area contributed by atoms with E-state index in [9.17, 15) is 43.2 Å². The number of ether oxygens (including phenoxy) is 4. The van der Waals surface area contributed by atoms with Gasteiger partial charge in [-0.25, -0.2) is 9.13 Å². The molecule has 0 radical (unpaired) electrons. The van der Waals surface area contributed by atoms with Gasteiger partial charge in [0.2, 0.25) is 0 Å². The van der Waals surface area contributed by atoms with Crippen molar-refractivity contribution in [1.82, 2.24) is 0 Å². The fourth-order valence-corrected chi connectivity index (χ4v) is 13.9. The zero-order chi connectivity index (χ0) is 73.8. The molecule has 0 rings (SSSR count). The second kappa shape index (κ2) is 70.1. The number of carbonyl (C=O) groups excluding carboxylic acids is 4. The number of hydrogen-bond acceptors (Lipinski definition) is 15. The lowest BCUT2D eigenvalue weighted by molar-refractivity contribution is -0.161. The van der Waals surface area contributed by atoms with Crippen molar-refractivity contribution < 1.29 is 80.2 Å². The molecule has 0 aromatic carbocycles. The van der Waals surface area contributed by atoms with Crippen LogP contribution in [0.25, 0.3) is 0 Å². The largest absolute Gasteiger partial charge is 0.472 e. The Hall–Kier alpha value is -1.94. The van der Waals surface area contributed by atoms with Gasteiger partial charge >= 0.3 is 39.5 Å². The highest BCUT2D eigenvalue weighted by Crippen LogP contribution is 2.45. The molecule has 0 heterocycles. The Morgan fingerprint density at radius 3 is 0.660 bits per heavy atom. The molecule has 100 heavy (non-hydrogen) atoms. The molecule has 0 amide bonds. The van der Waals surface area contributed by atoms with Crippen molar-refractivity contribution in [1.29, 1.82) is 0 Å². The van der Waals surface area contributed by atoms with Crippen LogP contribution in [-0.2, 0) is 65.4 Å². The summed E-state index contributed by atoms with van der Waals surface area (Å²) < 4.78 is 68.7. The molecule has 6 unspecified atom stereocenters. The maximum absolute atomic E-state index is 13.1. The second-order valence-corrected chi connectivity index (χ2v) is 33.0. The van der Waals surface area contributed by atoms with Gasteiger partial charge in [-0.05, 0) is 49.4 Å².